The third kappa shape index (κ3) is 3.88. The van der Waals surface area contributed by atoms with Gasteiger partial charge in [-0.1, -0.05) is 66.7 Å². The number of carbonyl (C=O) groups is 2. The molecule has 1 aliphatic heterocycles. The Bertz CT molecular complexity index is 990. The highest BCUT2D eigenvalue weighted by atomic mass is 16.5. The highest BCUT2D eigenvalue weighted by molar-refractivity contribution is 6.00. The third-order valence-corrected chi connectivity index (χ3v) is 5.67. The van der Waals surface area contributed by atoms with Crippen molar-refractivity contribution in [3.63, 3.8) is 0 Å². The minimum Gasteiger partial charge on any atom is -0.460 e. The fourth-order valence-corrected chi connectivity index (χ4v) is 4.31. The number of allylic oxidation sites excluding steroid dienone is 2. The second kappa shape index (κ2) is 8.08. The van der Waals surface area contributed by atoms with Crippen molar-refractivity contribution in [3.05, 3.63) is 94.8 Å². The van der Waals surface area contributed by atoms with Gasteiger partial charge in [0.1, 0.15) is 12.5 Å². The molecule has 0 saturated heterocycles. The smallest absolute Gasteiger partial charge is 0.316 e. The lowest BCUT2D eigenvalue weighted by molar-refractivity contribution is -0.149. The molecule has 2 atom stereocenters. The van der Waals surface area contributed by atoms with Crippen LogP contribution >= 0.6 is 0 Å². The number of carbonyl (C=O) groups excluding carboxylic acids is 2. The van der Waals surface area contributed by atoms with Crippen LogP contribution in [0.15, 0.2) is 78.1 Å². The van der Waals surface area contributed by atoms with E-state index in [1.54, 1.807) is 0 Å². The molecule has 1 heterocycles. The SMILES string of the molecule is C=C1NC2=C(C(=O)CCC2)C(c2cccc(C)c2)C1C(=O)OCc1ccccc1. The second-order valence-electron chi connectivity index (χ2n) is 7.78. The molecule has 0 saturated carbocycles. The Labute approximate surface area is 171 Å². The number of esters is 1. The maximum Gasteiger partial charge on any atom is 0.316 e. The number of aryl methyl sites for hydroxylation is 1. The summed E-state index contributed by atoms with van der Waals surface area (Å²) in [6.07, 6.45) is 2.14. The fraction of sp³-hybridized carbons (Fsp3) is 0.280. The summed E-state index contributed by atoms with van der Waals surface area (Å²) in [5, 5.41) is 3.26. The van der Waals surface area contributed by atoms with Gasteiger partial charge in [0.2, 0.25) is 0 Å². The molecular weight excluding hydrogens is 362 g/mol. The van der Waals surface area contributed by atoms with Gasteiger partial charge in [-0.25, -0.2) is 0 Å². The van der Waals surface area contributed by atoms with E-state index in [1.807, 2.05) is 61.5 Å². The maximum atomic E-state index is 13.2. The highest BCUT2D eigenvalue weighted by Crippen LogP contribution is 2.44. The van der Waals surface area contributed by atoms with Crippen molar-refractivity contribution in [1.29, 1.82) is 0 Å². The summed E-state index contributed by atoms with van der Waals surface area (Å²) in [6, 6.07) is 17.6. The topological polar surface area (TPSA) is 55.4 Å². The summed E-state index contributed by atoms with van der Waals surface area (Å²) in [4.78, 5) is 26.0. The van der Waals surface area contributed by atoms with E-state index in [2.05, 4.69) is 11.9 Å². The molecule has 2 aromatic carbocycles. The van der Waals surface area contributed by atoms with Gasteiger partial charge in [-0.05, 0) is 30.9 Å². The monoisotopic (exact) mass is 387 g/mol. The zero-order valence-electron chi connectivity index (χ0n) is 16.6. The molecular formula is C25H25NO3. The molecule has 148 valence electrons. The van der Waals surface area contributed by atoms with Crippen LogP contribution in [0.5, 0.6) is 0 Å². The van der Waals surface area contributed by atoms with Crippen molar-refractivity contribution in [2.75, 3.05) is 0 Å². The van der Waals surface area contributed by atoms with E-state index in [-0.39, 0.29) is 24.3 Å². The van der Waals surface area contributed by atoms with Crippen molar-refractivity contribution in [3.8, 4) is 0 Å². The Morgan fingerprint density at radius 1 is 1.14 bits per heavy atom. The number of rotatable bonds is 4. The molecule has 29 heavy (non-hydrogen) atoms. The molecule has 2 aromatic rings. The van der Waals surface area contributed by atoms with Crippen LogP contribution in [0.1, 0.15) is 41.9 Å². The molecule has 0 bridgehead atoms. The maximum absolute atomic E-state index is 13.2. The first-order chi connectivity index (χ1) is 14.0. The van der Waals surface area contributed by atoms with E-state index < -0.39 is 5.92 Å². The number of nitrogens with one attached hydrogen (secondary N) is 1. The summed E-state index contributed by atoms with van der Waals surface area (Å²) in [7, 11) is 0. The van der Waals surface area contributed by atoms with E-state index in [1.165, 1.54) is 0 Å². The van der Waals surface area contributed by atoms with E-state index in [0.717, 1.165) is 40.8 Å². The Kier molecular flexibility index (Phi) is 5.34. The summed E-state index contributed by atoms with van der Waals surface area (Å²) >= 11 is 0. The van der Waals surface area contributed by atoms with Crippen molar-refractivity contribution < 1.29 is 14.3 Å². The third-order valence-electron chi connectivity index (χ3n) is 5.67. The lowest BCUT2D eigenvalue weighted by Crippen LogP contribution is -2.41. The molecule has 4 rings (SSSR count). The average Bonchev–Trinajstić information content (AvgIpc) is 2.72. The summed E-state index contributed by atoms with van der Waals surface area (Å²) < 4.78 is 5.66. The minimum atomic E-state index is -0.638. The van der Waals surface area contributed by atoms with E-state index in [0.29, 0.717) is 12.1 Å². The minimum absolute atomic E-state index is 0.110. The first-order valence-electron chi connectivity index (χ1n) is 10.0. The van der Waals surface area contributed by atoms with Crippen LogP contribution in [-0.4, -0.2) is 11.8 Å². The molecule has 2 unspecified atom stereocenters. The van der Waals surface area contributed by atoms with Crippen LogP contribution in [0.3, 0.4) is 0 Å². The van der Waals surface area contributed by atoms with Gasteiger partial charge in [0.05, 0.1) is 0 Å². The highest BCUT2D eigenvalue weighted by Gasteiger charge is 2.43. The molecule has 4 heteroatoms. The van der Waals surface area contributed by atoms with Crippen molar-refractivity contribution in [2.24, 2.45) is 5.92 Å². The van der Waals surface area contributed by atoms with Crippen LogP contribution in [-0.2, 0) is 20.9 Å². The Balaban J connectivity index is 1.70. The lowest BCUT2D eigenvalue weighted by Gasteiger charge is -2.38. The number of ether oxygens (including phenoxy) is 1. The van der Waals surface area contributed by atoms with Crippen LogP contribution in [0, 0.1) is 12.8 Å². The normalized spacial score (nSPS) is 21.4. The zero-order valence-corrected chi connectivity index (χ0v) is 16.6. The molecule has 1 aliphatic carbocycles. The van der Waals surface area contributed by atoms with Gasteiger partial charge in [0, 0.05) is 29.3 Å². The molecule has 0 amide bonds. The van der Waals surface area contributed by atoms with Gasteiger partial charge >= 0.3 is 5.97 Å². The molecule has 1 N–H and O–H groups in total. The molecule has 2 aliphatic rings. The fourth-order valence-electron chi connectivity index (χ4n) is 4.31. The van der Waals surface area contributed by atoms with Crippen LogP contribution in [0.4, 0.5) is 0 Å². The van der Waals surface area contributed by atoms with Gasteiger partial charge in [-0.2, -0.15) is 0 Å². The van der Waals surface area contributed by atoms with E-state index >= 15 is 0 Å². The summed E-state index contributed by atoms with van der Waals surface area (Å²) in [5.74, 6) is -1.25. The number of benzene rings is 2. The quantitative estimate of drug-likeness (QED) is 0.782. The summed E-state index contributed by atoms with van der Waals surface area (Å²) in [5.41, 5.74) is 5.20. The average molecular weight is 387 g/mol. The van der Waals surface area contributed by atoms with Gasteiger partial charge in [0.25, 0.3) is 0 Å². The molecule has 0 spiro atoms. The van der Waals surface area contributed by atoms with Crippen LogP contribution < -0.4 is 5.32 Å². The molecule has 0 aromatic heterocycles. The van der Waals surface area contributed by atoms with Crippen LogP contribution in [0.25, 0.3) is 0 Å². The second-order valence-corrected chi connectivity index (χ2v) is 7.78. The lowest BCUT2D eigenvalue weighted by atomic mass is 9.71. The van der Waals surface area contributed by atoms with Crippen molar-refractivity contribution in [2.45, 2.75) is 38.7 Å². The number of ketones is 1. The van der Waals surface area contributed by atoms with Crippen LogP contribution in [0.2, 0.25) is 0 Å². The number of Topliss-reactive ketones (excluding diaryl/α,β-unsaturated/α-hetero) is 1. The standard InChI is InChI=1S/C25H25NO3/c1-16-8-6-11-19(14-16)23-22(25(28)29-15-18-9-4-3-5-10-18)17(2)26-20-12-7-13-21(27)24(20)23/h3-6,8-11,14,22-23,26H,2,7,12-13,15H2,1H3. The van der Waals surface area contributed by atoms with Crippen molar-refractivity contribution >= 4 is 11.8 Å². The molecule has 4 nitrogen and oxygen atoms in total. The van der Waals surface area contributed by atoms with E-state index in [4.69, 9.17) is 4.74 Å². The Morgan fingerprint density at radius 2 is 1.93 bits per heavy atom. The van der Waals surface area contributed by atoms with Crippen molar-refractivity contribution in [1.82, 2.24) is 5.32 Å². The van der Waals surface area contributed by atoms with Gasteiger partial charge in [-0.15, -0.1) is 0 Å². The molecule has 0 fully saturated rings. The van der Waals surface area contributed by atoms with E-state index in [9.17, 15) is 9.59 Å². The van der Waals surface area contributed by atoms with Gasteiger partial charge in [0.15, 0.2) is 5.78 Å². The Morgan fingerprint density at radius 3 is 2.69 bits per heavy atom. The summed E-state index contributed by atoms with van der Waals surface area (Å²) in [6.45, 7) is 6.34. The van der Waals surface area contributed by atoms with Gasteiger partial charge in [-0.3, -0.25) is 9.59 Å². The predicted octanol–water partition coefficient (Wildman–Crippen LogP) is 4.56. The largest absolute Gasteiger partial charge is 0.460 e. The Hall–Kier alpha value is -3.14. The number of hydrogen-bond acceptors (Lipinski definition) is 4. The van der Waals surface area contributed by atoms with Gasteiger partial charge < -0.3 is 10.1 Å². The first kappa shape index (κ1) is 19.2. The predicted molar refractivity (Wildman–Crippen MR) is 112 cm³/mol. The first-order valence-corrected chi connectivity index (χ1v) is 10.0. The zero-order chi connectivity index (χ0) is 20.4. The number of hydrogen-bond donors (Lipinski definition) is 1. The molecule has 0 radical (unpaired) electrons.